The summed E-state index contributed by atoms with van der Waals surface area (Å²) in [5, 5.41) is 14.0. The van der Waals surface area contributed by atoms with E-state index in [1.165, 1.54) is 16.0 Å². The zero-order valence-electron chi connectivity index (χ0n) is 17.6. The fraction of sp³-hybridized carbons (Fsp3) is 0.478. The van der Waals surface area contributed by atoms with Gasteiger partial charge in [-0.3, -0.25) is 14.6 Å². The van der Waals surface area contributed by atoms with Gasteiger partial charge in [-0.1, -0.05) is 24.6 Å². The van der Waals surface area contributed by atoms with E-state index in [-0.39, 0.29) is 12.0 Å². The van der Waals surface area contributed by atoms with Gasteiger partial charge in [0.2, 0.25) is 0 Å². The third kappa shape index (κ3) is 4.78. The summed E-state index contributed by atoms with van der Waals surface area (Å²) in [5.41, 5.74) is 3.73. The lowest BCUT2D eigenvalue weighted by Crippen LogP contribution is -2.46. The monoisotopic (exact) mass is 444 g/mol. The van der Waals surface area contributed by atoms with Crippen molar-refractivity contribution in [3.63, 3.8) is 0 Å². The van der Waals surface area contributed by atoms with E-state index in [0.29, 0.717) is 12.5 Å². The van der Waals surface area contributed by atoms with Gasteiger partial charge in [0.05, 0.1) is 17.1 Å². The Balaban J connectivity index is 1.40. The Labute approximate surface area is 187 Å². The number of rotatable bonds is 7. The van der Waals surface area contributed by atoms with Crippen LogP contribution < -0.4 is 0 Å². The van der Waals surface area contributed by atoms with Crippen LogP contribution in [-0.2, 0) is 24.9 Å². The zero-order valence-corrected chi connectivity index (χ0v) is 19.2. The molecule has 0 amide bonds. The first kappa shape index (κ1) is 21.5. The van der Waals surface area contributed by atoms with Gasteiger partial charge in [0.15, 0.2) is 0 Å². The first-order chi connectivity index (χ1) is 14.5. The van der Waals surface area contributed by atoms with Crippen LogP contribution in [0.5, 0.6) is 0 Å². The van der Waals surface area contributed by atoms with Crippen molar-refractivity contribution in [2.45, 2.75) is 57.7 Å². The molecule has 1 saturated heterocycles. The first-order valence-corrected chi connectivity index (χ1v) is 11.7. The number of pyridine rings is 1. The van der Waals surface area contributed by atoms with Gasteiger partial charge in [-0.05, 0) is 56.0 Å². The first-order valence-electron chi connectivity index (χ1n) is 10.5. The van der Waals surface area contributed by atoms with Crippen molar-refractivity contribution >= 4 is 22.9 Å². The number of piperidine rings is 1. The standard InChI is InChI=1S/C23H29ClN4OS/c1-17-11-23(2,22-20(5-9-29)10-21(24)30-22)6-8-27(17)14-19-13-26-28(16-19)15-18-4-3-7-25-12-18/h3-4,7,10,12-13,16-17,29H,5-6,8-9,11,14-15H2,1-2H3/t17-,23-/m0/s1. The van der Waals surface area contributed by atoms with Crippen LogP contribution in [0, 0.1) is 0 Å². The highest BCUT2D eigenvalue weighted by atomic mass is 35.5. The molecule has 4 heterocycles. The van der Waals surface area contributed by atoms with Gasteiger partial charge in [-0.2, -0.15) is 5.10 Å². The van der Waals surface area contributed by atoms with Crippen LogP contribution in [0.4, 0.5) is 0 Å². The Morgan fingerprint density at radius 2 is 2.17 bits per heavy atom. The lowest BCUT2D eigenvalue weighted by molar-refractivity contribution is 0.104. The van der Waals surface area contributed by atoms with Crippen LogP contribution >= 0.6 is 22.9 Å². The van der Waals surface area contributed by atoms with Crippen LogP contribution in [0.25, 0.3) is 0 Å². The minimum atomic E-state index is 0.114. The van der Waals surface area contributed by atoms with Crippen molar-refractivity contribution in [2.75, 3.05) is 13.2 Å². The van der Waals surface area contributed by atoms with E-state index in [1.807, 2.05) is 29.2 Å². The molecule has 30 heavy (non-hydrogen) atoms. The smallest absolute Gasteiger partial charge is 0.0934 e. The molecule has 160 valence electrons. The Hall–Kier alpha value is -1.73. The number of likely N-dealkylation sites (tertiary alicyclic amines) is 1. The highest BCUT2D eigenvalue weighted by molar-refractivity contribution is 7.16. The summed E-state index contributed by atoms with van der Waals surface area (Å²) < 4.78 is 2.81. The van der Waals surface area contributed by atoms with Crippen molar-refractivity contribution in [3.05, 3.63) is 68.9 Å². The highest BCUT2D eigenvalue weighted by Crippen LogP contribution is 2.44. The van der Waals surface area contributed by atoms with Gasteiger partial charge in [-0.25, -0.2) is 0 Å². The normalized spacial score (nSPS) is 22.5. The van der Waals surface area contributed by atoms with E-state index >= 15 is 0 Å². The van der Waals surface area contributed by atoms with E-state index < -0.39 is 0 Å². The van der Waals surface area contributed by atoms with Crippen LogP contribution in [0.3, 0.4) is 0 Å². The number of halogens is 1. The third-order valence-corrected chi connectivity index (χ3v) is 7.78. The maximum Gasteiger partial charge on any atom is 0.0934 e. The van der Waals surface area contributed by atoms with Crippen molar-refractivity contribution in [1.82, 2.24) is 19.7 Å². The quantitative estimate of drug-likeness (QED) is 0.582. The topological polar surface area (TPSA) is 54.2 Å². The second-order valence-corrected chi connectivity index (χ2v) is 10.3. The molecule has 4 rings (SSSR count). The summed E-state index contributed by atoms with van der Waals surface area (Å²) in [6, 6.07) is 6.53. The van der Waals surface area contributed by atoms with Gasteiger partial charge in [0.25, 0.3) is 0 Å². The summed E-state index contributed by atoms with van der Waals surface area (Å²) >= 11 is 8.02. The molecule has 7 heteroatoms. The molecule has 1 fully saturated rings. The fourth-order valence-electron chi connectivity index (χ4n) is 4.63. The van der Waals surface area contributed by atoms with Crippen LogP contribution in [0.15, 0.2) is 43.0 Å². The number of aliphatic hydroxyl groups is 1. The van der Waals surface area contributed by atoms with Crippen molar-refractivity contribution < 1.29 is 5.11 Å². The lowest BCUT2D eigenvalue weighted by atomic mass is 9.74. The molecule has 3 aromatic rings. The van der Waals surface area contributed by atoms with E-state index in [9.17, 15) is 5.11 Å². The fourth-order valence-corrected chi connectivity index (χ4v) is 6.12. The van der Waals surface area contributed by atoms with Crippen LogP contribution in [0.2, 0.25) is 4.34 Å². The summed E-state index contributed by atoms with van der Waals surface area (Å²) in [6.07, 6.45) is 10.7. The molecular formula is C23H29ClN4OS. The number of aliphatic hydroxyl groups excluding tert-OH is 1. The van der Waals surface area contributed by atoms with E-state index in [2.05, 4.69) is 41.1 Å². The average Bonchev–Trinajstić information content (AvgIpc) is 3.32. The number of thiophene rings is 1. The largest absolute Gasteiger partial charge is 0.396 e. The molecule has 0 saturated carbocycles. The molecule has 0 bridgehead atoms. The molecule has 0 aliphatic carbocycles. The summed E-state index contributed by atoms with van der Waals surface area (Å²) in [6.45, 7) is 7.54. The SMILES string of the molecule is C[C@H]1C[C@@](C)(c2sc(Cl)cc2CCO)CCN1Cc1cnn(Cc2cccnc2)c1. The Morgan fingerprint density at radius 1 is 1.30 bits per heavy atom. The number of nitrogens with zero attached hydrogens (tertiary/aromatic N) is 4. The minimum absolute atomic E-state index is 0.114. The van der Waals surface area contributed by atoms with Gasteiger partial charge in [-0.15, -0.1) is 11.3 Å². The second kappa shape index (κ2) is 9.18. The molecule has 1 N–H and O–H groups in total. The predicted octanol–water partition coefficient (Wildman–Crippen LogP) is 4.52. The van der Waals surface area contributed by atoms with Gasteiger partial charge in [0.1, 0.15) is 0 Å². The molecule has 0 aromatic carbocycles. The molecule has 0 spiro atoms. The molecule has 0 unspecified atom stereocenters. The van der Waals surface area contributed by atoms with E-state index in [4.69, 9.17) is 11.6 Å². The summed E-state index contributed by atoms with van der Waals surface area (Å²) in [5.74, 6) is 0. The molecule has 3 aromatic heterocycles. The second-order valence-electron chi connectivity index (χ2n) is 8.62. The van der Waals surface area contributed by atoms with E-state index in [0.717, 1.165) is 42.4 Å². The van der Waals surface area contributed by atoms with Crippen LogP contribution in [-0.4, -0.2) is 44.0 Å². The van der Waals surface area contributed by atoms with Crippen molar-refractivity contribution in [1.29, 1.82) is 0 Å². The molecule has 2 atom stereocenters. The van der Waals surface area contributed by atoms with E-state index in [1.54, 1.807) is 17.5 Å². The average molecular weight is 445 g/mol. The predicted molar refractivity (Wildman–Crippen MR) is 122 cm³/mol. The number of hydrogen-bond acceptors (Lipinski definition) is 5. The maximum atomic E-state index is 9.43. The zero-order chi connectivity index (χ0) is 21.1. The van der Waals surface area contributed by atoms with Gasteiger partial charge < -0.3 is 5.11 Å². The van der Waals surface area contributed by atoms with Crippen LogP contribution in [0.1, 0.15) is 48.3 Å². The molecule has 0 radical (unpaired) electrons. The summed E-state index contributed by atoms with van der Waals surface area (Å²) in [7, 11) is 0. The maximum absolute atomic E-state index is 9.43. The van der Waals surface area contributed by atoms with Gasteiger partial charge >= 0.3 is 0 Å². The lowest BCUT2D eigenvalue weighted by Gasteiger charge is -2.44. The number of hydrogen-bond donors (Lipinski definition) is 1. The minimum Gasteiger partial charge on any atom is -0.396 e. The Morgan fingerprint density at radius 3 is 2.90 bits per heavy atom. The molecule has 5 nitrogen and oxygen atoms in total. The molecule has 1 aliphatic heterocycles. The Bertz CT molecular complexity index is 973. The number of aromatic nitrogens is 3. The van der Waals surface area contributed by atoms with Crippen molar-refractivity contribution in [3.8, 4) is 0 Å². The molecular weight excluding hydrogens is 416 g/mol. The van der Waals surface area contributed by atoms with Crippen molar-refractivity contribution in [2.24, 2.45) is 0 Å². The molecule has 1 aliphatic rings. The summed E-state index contributed by atoms with van der Waals surface area (Å²) in [4.78, 5) is 8.09. The Kier molecular flexibility index (Phi) is 6.58. The highest BCUT2D eigenvalue weighted by Gasteiger charge is 2.38. The van der Waals surface area contributed by atoms with Gasteiger partial charge in [0, 0.05) is 53.6 Å². The third-order valence-electron chi connectivity index (χ3n) is 6.17.